The third-order valence-corrected chi connectivity index (χ3v) is 4.65. The Morgan fingerprint density at radius 3 is 2.85 bits per heavy atom. The van der Waals surface area contributed by atoms with Crippen molar-refractivity contribution in [2.24, 2.45) is 0 Å². The molecule has 0 aliphatic rings. The molecule has 0 saturated carbocycles. The third-order valence-electron chi connectivity index (χ3n) is 3.07. The van der Waals surface area contributed by atoms with E-state index in [9.17, 15) is 4.79 Å². The lowest BCUT2D eigenvalue weighted by Crippen LogP contribution is -2.09. The van der Waals surface area contributed by atoms with Gasteiger partial charge in [0.2, 0.25) is 5.91 Å². The summed E-state index contributed by atoms with van der Waals surface area (Å²) in [6, 6.07) is 10.2. The van der Waals surface area contributed by atoms with Gasteiger partial charge in [-0.2, -0.15) is 0 Å². The second-order valence-corrected chi connectivity index (χ2v) is 6.45. The number of benzene rings is 2. The molecule has 0 spiro atoms. The van der Waals surface area contributed by atoms with Crippen molar-refractivity contribution in [2.75, 3.05) is 5.32 Å². The van der Waals surface area contributed by atoms with E-state index in [0.29, 0.717) is 11.6 Å². The van der Waals surface area contributed by atoms with Crippen molar-refractivity contribution in [2.45, 2.75) is 19.8 Å². The molecule has 0 atom stereocenters. The van der Waals surface area contributed by atoms with Gasteiger partial charge in [0.25, 0.3) is 0 Å². The highest BCUT2D eigenvalue weighted by Crippen LogP contribution is 2.36. The summed E-state index contributed by atoms with van der Waals surface area (Å²) >= 11 is 5.10. The van der Waals surface area contributed by atoms with E-state index in [-0.39, 0.29) is 5.91 Å². The fourth-order valence-corrected chi connectivity index (χ4v) is 3.84. The Balaban J connectivity index is 2.11. The Hall–Kier alpha value is -1.46. The van der Waals surface area contributed by atoms with Crippen LogP contribution >= 0.6 is 27.3 Å². The first kappa shape index (κ1) is 13.5. The maximum absolute atomic E-state index is 11.7. The van der Waals surface area contributed by atoms with Gasteiger partial charge >= 0.3 is 0 Å². The number of nitrogens with one attached hydrogen (secondary N) is 1. The minimum atomic E-state index is 0.0231. The summed E-state index contributed by atoms with van der Waals surface area (Å²) < 4.78 is 2.12. The zero-order chi connectivity index (χ0) is 14.1. The number of nitrogens with zero attached hydrogens (tertiary/aromatic N) is 1. The third kappa shape index (κ3) is 2.43. The Morgan fingerprint density at radius 1 is 1.35 bits per heavy atom. The number of fused-ring (bicyclic) bond motifs is 3. The van der Waals surface area contributed by atoms with Crippen LogP contribution in [0.25, 0.3) is 21.0 Å². The molecule has 3 rings (SSSR count). The molecule has 0 fully saturated rings. The van der Waals surface area contributed by atoms with Crippen molar-refractivity contribution >= 4 is 59.3 Å². The van der Waals surface area contributed by atoms with E-state index < -0.39 is 0 Å². The van der Waals surface area contributed by atoms with Gasteiger partial charge in [-0.25, -0.2) is 4.98 Å². The number of aromatic nitrogens is 1. The van der Waals surface area contributed by atoms with E-state index >= 15 is 0 Å². The number of hydrogen-bond acceptors (Lipinski definition) is 3. The molecule has 0 saturated heterocycles. The smallest absolute Gasteiger partial charge is 0.226 e. The fraction of sp³-hybridized carbons (Fsp3) is 0.200. The summed E-state index contributed by atoms with van der Waals surface area (Å²) in [5, 5.41) is 5.77. The number of halogens is 1. The number of amides is 1. The van der Waals surface area contributed by atoms with E-state index in [0.717, 1.165) is 31.9 Å². The minimum Gasteiger partial charge on any atom is -0.302 e. The van der Waals surface area contributed by atoms with E-state index in [2.05, 4.69) is 44.4 Å². The lowest BCUT2D eigenvalue weighted by Gasteiger charge is -2.00. The van der Waals surface area contributed by atoms with Crippen LogP contribution in [0.2, 0.25) is 0 Å². The lowest BCUT2D eigenvalue weighted by atomic mass is 10.1. The van der Waals surface area contributed by atoms with Crippen LogP contribution < -0.4 is 5.32 Å². The Kier molecular flexibility index (Phi) is 3.72. The molecular weight excluding hydrogens is 336 g/mol. The molecule has 5 heteroatoms. The SMILES string of the molecule is CCCC(=O)Nc1nc2c(cc(Br)c3ccccc32)s1. The molecule has 0 aliphatic heterocycles. The number of anilines is 1. The molecule has 102 valence electrons. The average molecular weight is 349 g/mol. The molecule has 1 heterocycles. The van der Waals surface area contributed by atoms with Gasteiger partial charge in [-0.15, -0.1) is 0 Å². The second kappa shape index (κ2) is 5.50. The Bertz CT molecular complexity index is 797. The quantitative estimate of drug-likeness (QED) is 0.727. The summed E-state index contributed by atoms with van der Waals surface area (Å²) in [6.07, 6.45) is 1.37. The summed E-state index contributed by atoms with van der Waals surface area (Å²) in [4.78, 5) is 16.2. The standard InChI is InChI=1S/C15H13BrN2OS/c1-2-5-13(19)17-15-18-14-10-7-4-3-6-9(10)11(16)8-12(14)20-15/h3-4,6-8H,2,5H2,1H3,(H,17,18,19). The summed E-state index contributed by atoms with van der Waals surface area (Å²) in [5.41, 5.74) is 0.945. The van der Waals surface area contributed by atoms with Gasteiger partial charge in [0.1, 0.15) is 0 Å². The first-order chi connectivity index (χ1) is 9.69. The molecule has 1 aromatic heterocycles. The zero-order valence-electron chi connectivity index (χ0n) is 10.9. The number of carbonyl (C=O) groups is 1. The Morgan fingerprint density at radius 2 is 2.10 bits per heavy atom. The summed E-state index contributed by atoms with van der Waals surface area (Å²) in [5.74, 6) is 0.0231. The number of rotatable bonds is 3. The number of thiazole rings is 1. The molecule has 3 aromatic rings. The van der Waals surface area contributed by atoms with E-state index in [1.807, 2.05) is 19.1 Å². The molecule has 0 bridgehead atoms. The highest BCUT2D eigenvalue weighted by atomic mass is 79.9. The van der Waals surface area contributed by atoms with Gasteiger partial charge in [-0.3, -0.25) is 4.79 Å². The fourth-order valence-electron chi connectivity index (χ4n) is 2.18. The monoisotopic (exact) mass is 348 g/mol. The molecule has 20 heavy (non-hydrogen) atoms. The van der Waals surface area contributed by atoms with E-state index in [4.69, 9.17) is 0 Å². The highest BCUT2D eigenvalue weighted by Gasteiger charge is 2.11. The molecule has 3 nitrogen and oxygen atoms in total. The number of hydrogen-bond donors (Lipinski definition) is 1. The second-order valence-electron chi connectivity index (χ2n) is 4.57. The Labute approximate surface area is 129 Å². The molecular formula is C15H13BrN2OS. The summed E-state index contributed by atoms with van der Waals surface area (Å²) in [6.45, 7) is 1.99. The van der Waals surface area contributed by atoms with E-state index in [1.165, 1.54) is 11.3 Å². The van der Waals surface area contributed by atoms with E-state index in [1.54, 1.807) is 0 Å². The van der Waals surface area contributed by atoms with Crippen molar-refractivity contribution < 1.29 is 4.79 Å². The maximum atomic E-state index is 11.7. The minimum absolute atomic E-state index is 0.0231. The largest absolute Gasteiger partial charge is 0.302 e. The van der Waals surface area contributed by atoms with Crippen molar-refractivity contribution in [1.29, 1.82) is 0 Å². The normalized spacial score (nSPS) is 11.1. The van der Waals surface area contributed by atoms with Crippen LogP contribution in [-0.4, -0.2) is 10.9 Å². The van der Waals surface area contributed by atoms with Crippen molar-refractivity contribution in [3.8, 4) is 0 Å². The molecule has 2 aromatic carbocycles. The molecule has 1 amide bonds. The van der Waals surface area contributed by atoms with Crippen molar-refractivity contribution in [3.05, 3.63) is 34.8 Å². The lowest BCUT2D eigenvalue weighted by molar-refractivity contribution is -0.116. The number of carbonyl (C=O) groups excluding carboxylic acids is 1. The van der Waals surface area contributed by atoms with Gasteiger partial charge < -0.3 is 5.32 Å². The van der Waals surface area contributed by atoms with Crippen LogP contribution in [0.5, 0.6) is 0 Å². The predicted molar refractivity (Wildman–Crippen MR) is 88.4 cm³/mol. The zero-order valence-corrected chi connectivity index (χ0v) is 13.3. The van der Waals surface area contributed by atoms with Gasteiger partial charge in [-0.1, -0.05) is 58.5 Å². The molecule has 0 radical (unpaired) electrons. The van der Waals surface area contributed by atoms with Gasteiger partial charge in [-0.05, 0) is 17.9 Å². The van der Waals surface area contributed by atoms with Gasteiger partial charge in [0.05, 0.1) is 10.2 Å². The van der Waals surface area contributed by atoms with Crippen LogP contribution in [0.1, 0.15) is 19.8 Å². The van der Waals surface area contributed by atoms with Crippen LogP contribution in [-0.2, 0) is 4.79 Å². The van der Waals surface area contributed by atoms with Gasteiger partial charge in [0.15, 0.2) is 5.13 Å². The molecule has 0 unspecified atom stereocenters. The van der Waals surface area contributed by atoms with Gasteiger partial charge in [0, 0.05) is 16.3 Å². The van der Waals surface area contributed by atoms with Crippen LogP contribution in [0.15, 0.2) is 34.8 Å². The first-order valence-corrected chi connectivity index (χ1v) is 8.07. The maximum Gasteiger partial charge on any atom is 0.226 e. The average Bonchev–Trinajstić information content (AvgIpc) is 2.82. The first-order valence-electron chi connectivity index (χ1n) is 6.46. The van der Waals surface area contributed by atoms with Crippen LogP contribution in [0, 0.1) is 0 Å². The highest BCUT2D eigenvalue weighted by molar-refractivity contribution is 9.10. The van der Waals surface area contributed by atoms with Crippen molar-refractivity contribution in [1.82, 2.24) is 4.98 Å². The van der Waals surface area contributed by atoms with Crippen LogP contribution in [0.3, 0.4) is 0 Å². The molecule has 1 N–H and O–H groups in total. The summed E-state index contributed by atoms with van der Waals surface area (Å²) in [7, 11) is 0. The topological polar surface area (TPSA) is 42.0 Å². The molecule has 0 aliphatic carbocycles. The predicted octanol–water partition coefficient (Wildman–Crippen LogP) is 4.95. The van der Waals surface area contributed by atoms with Crippen LogP contribution in [0.4, 0.5) is 5.13 Å². The van der Waals surface area contributed by atoms with Crippen molar-refractivity contribution in [3.63, 3.8) is 0 Å².